The lowest BCUT2D eigenvalue weighted by Crippen LogP contribution is -2.08. The largest absolute Gasteiger partial charge is 0.476 e. The fraction of sp³-hybridized carbons (Fsp3) is 0.357. The van der Waals surface area contributed by atoms with Gasteiger partial charge in [0.15, 0.2) is 5.69 Å². The number of hydrogen-bond donors (Lipinski definition) is 1. The molecule has 1 aliphatic rings. The molecule has 0 unspecified atom stereocenters. The molecular weight excluding hydrogens is 242 g/mol. The van der Waals surface area contributed by atoms with Gasteiger partial charge in [0.25, 0.3) is 0 Å². The van der Waals surface area contributed by atoms with E-state index in [4.69, 9.17) is 5.11 Å². The maximum absolute atomic E-state index is 11.0. The fourth-order valence-corrected chi connectivity index (χ4v) is 2.19. The van der Waals surface area contributed by atoms with Crippen molar-refractivity contribution in [2.24, 2.45) is 0 Å². The second-order valence-electron chi connectivity index (χ2n) is 4.83. The quantitative estimate of drug-likeness (QED) is 0.890. The van der Waals surface area contributed by atoms with E-state index in [9.17, 15) is 4.79 Å². The van der Waals surface area contributed by atoms with Crippen LogP contribution in [-0.2, 0) is 13.0 Å². The van der Waals surface area contributed by atoms with Gasteiger partial charge in [-0.1, -0.05) is 6.07 Å². The first kappa shape index (κ1) is 11.9. The van der Waals surface area contributed by atoms with Gasteiger partial charge in [0.1, 0.15) is 0 Å². The molecule has 1 fully saturated rings. The van der Waals surface area contributed by atoms with Crippen molar-refractivity contribution in [2.75, 3.05) is 0 Å². The fourth-order valence-electron chi connectivity index (χ4n) is 2.19. The first-order chi connectivity index (χ1) is 9.24. The summed E-state index contributed by atoms with van der Waals surface area (Å²) in [7, 11) is 0. The summed E-state index contributed by atoms with van der Waals surface area (Å²) >= 11 is 0. The van der Waals surface area contributed by atoms with Gasteiger partial charge in [-0.25, -0.2) is 4.79 Å². The third-order valence-electron chi connectivity index (χ3n) is 3.33. The topological polar surface area (TPSA) is 68.0 Å². The molecule has 2 heterocycles. The lowest BCUT2D eigenvalue weighted by Gasteiger charge is -2.05. The zero-order valence-electron chi connectivity index (χ0n) is 10.5. The maximum Gasteiger partial charge on any atom is 0.356 e. The average Bonchev–Trinajstić information content (AvgIpc) is 3.17. The second-order valence-corrected chi connectivity index (χ2v) is 4.83. The van der Waals surface area contributed by atoms with Crippen molar-refractivity contribution in [3.05, 3.63) is 47.5 Å². The van der Waals surface area contributed by atoms with E-state index in [1.807, 2.05) is 22.9 Å². The number of pyridine rings is 1. The van der Waals surface area contributed by atoms with Crippen LogP contribution in [0.3, 0.4) is 0 Å². The molecule has 5 heteroatoms. The molecule has 1 saturated carbocycles. The van der Waals surface area contributed by atoms with E-state index >= 15 is 0 Å². The number of aromatic carboxylic acids is 1. The normalized spacial score (nSPS) is 14.5. The lowest BCUT2D eigenvalue weighted by molar-refractivity contribution is 0.0689. The zero-order valence-corrected chi connectivity index (χ0v) is 10.5. The van der Waals surface area contributed by atoms with E-state index in [2.05, 4.69) is 10.1 Å². The van der Waals surface area contributed by atoms with Crippen molar-refractivity contribution in [2.45, 2.75) is 31.7 Å². The van der Waals surface area contributed by atoms with Gasteiger partial charge in [0, 0.05) is 36.5 Å². The number of carbonyl (C=O) groups is 1. The van der Waals surface area contributed by atoms with Gasteiger partial charge >= 0.3 is 5.97 Å². The van der Waals surface area contributed by atoms with Crippen molar-refractivity contribution in [1.29, 1.82) is 0 Å². The van der Waals surface area contributed by atoms with Crippen LogP contribution in [0.1, 0.15) is 40.6 Å². The summed E-state index contributed by atoms with van der Waals surface area (Å²) < 4.78 is 1.83. The number of nitrogens with zero attached hydrogens (tertiary/aromatic N) is 3. The molecule has 0 aliphatic heterocycles. The first-order valence-corrected chi connectivity index (χ1v) is 6.45. The van der Waals surface area contributed by atoms with Gasteiger partial charge in [-0.2, -0.15) is 5.10 Å². The van der Waals surface area contributed by atoms with E-state index in [0.717, 1.165) is 30.7 Å². The third-order valence-corrected chi connectivity index (χ3v) is 3.33. The summed E-state index contributed by atoms with van der Waals surface area (Å²) in [6.07, 6.45) is 4.80. The lowest BCUT2D eigenvalue weighted by atomic mass is 10.2. The summed E-state index contributed by atoms with van der Waals surface area (Å²) in [6.45, 7) is 0.677. The molecule has 0 bridgehead atoms. The Morgan fingerprint density at radius 3 is 2.89 bits per heavy atom. The van der Waals surface area contributed by atoms with Crippen LogP contribution in [0.2, 0.25) is 0 Å². The molecule has 2 aromatic heterocycles. The summed E-state index contributed by atoms with van der Waals surface area (Å²) in [5.74, 6) is -0.470. The predicted octanol–water partition coefficient (Wildman–Crippen LogP) is 2.10. The molecule has 1 N–H and O–H groups in total. The Morgan fingerprint density at radius 1 is 1.42 bits per heavy atom. The van der Waals surface area contributed by atoms with Gasteiger partial charge in [-0.3, -0.25) is 9.67 Å². The minimum absolute atomic E-state index is 0.142. The highest BCUT2D eigenvalue weighted by atomic mass is 16.4. The zero-order chi connectivity index (χ0) is 13.2. The van der Waals surface area contributed by atoms with Crippen LogP contribution < -0.4 is 0 Å². The average molecular weight is 257 g/mol. The molecular formula is C14H15N3O2. The Hall–Kier alpha value is -2.17. The molecule has 3 rings (SSSR count). The molecule has 98 valence electrons. The van der Waals surface area contributed by atoms with Gasteiger partial charge in [-0.15, -0.1) is 0 Å². The Balaban J connectivity index is 1.77. The molecule has 0 saturated heterocycles. The van der Waals surface area contributed by atoms with Gasteiger partial charge in [-0.05, 0) is 31.0 Å². The van der Waals surface area contributed by atoms with Crippen LogP contribution in [-0.4, -0.2) is 25.8 Å². The van der Waals surface area contributed by atoms with Crippen molar-refractivity contribution in [3.8, 4) is 0 Å². The summed E-state index contributed by atoms with van der Waals surface area (Å²) in [6, 6.07) is 7.52. The highest BCUT2D eigenvalue weighted by Crippen LogP contribution is 2.40. The van der Waals surface area contributed by atoms with E-state index < -0.39 is 5.97 Å². The molecule has 0 spiro atoms. The number of aryl methyl sites for hydroxylation is 2. The highest BCUT2D eigenvalue weighted by molar-refractivity contribution is 5.85. The van der Waals surface area contributed by atoms with Crippen LogP contribution in [0.5, 0.6) is 0 Å². The molecule has 5 nitrogen and oxygen atoms in total. The highest BCUT2D eigenvalue weighted by Gasteiger charge is 2.29. The Labute approximate surface area is 110 Å². The molecule has 0 aromatic carbocycles. The molecule has 19 heavy (non-hydrogen) atoms. The van der Waals surface area contributed by atoms with Crippen LogP contribution in [0.15, 0.2) is 30.5 Å². The monoisotopic (exact) mass is 257 g/mol. The van der Waals surface area contributed by atoms with E-state index in [1.165, 1.54) is 0 Å². The number of hydrogen-bond acceptors (Lipinski definition) is 3. The molecule has 0 amide bonds. The van der Waals surface area contributed by atoms with Crippen LogP contribution in [0.25, 0.3) is 0 Å². The molecule has 2 aromatic rings. The smallest absolute Gasteiger partial charge is 0.356 e. The molecule has 0 radical (unpaired) electrons. The molecule has 1 aliphatic carbocycles. The summed E-state index contributed by atoms with van der Waals surface area (Å²) in [5.41, 5.74) is 2.19. The van der Waals surface area contributed by atoms with Crippen LogP contribution in [0.4, 0.5) is 0 Å². The minimum atomic E-state index is -0.960. The SMILES string of the molecule is O=C(O)c1cc(C2CC2)n(CCc2ccccn2)n1. The van der Waals surface area contributed by atoms with E-state index in [1.54, 1.807) is 12.3 Å². The number of rotatable bonds is 5. The Kier molecular flexibility index (Phi) is 3.03. The van der Waals surface area contributed by atoms with Crippen LogP contribution >= 0.6 is 0 Å². The second kappa shape index (κ2) is 4.84. The number of carboxylic acids is 1. The first-order valence-electron chi connectivity index (χ1n) is 6.45. The van der Waals surface area contributed by atoms with Crippen molar-refractivity contribution in [1.82, 2.24) is 14.8 Å². The van der Waals surface area contributed by atoms with Gasteiger partial charge < -0.3 is 5.11 Å². The van der Waals surface area contributed by atoms with E-state index in [0.29, 0.717) is 12.5 Å². The summed E-state index contributed by atoms with van der Waals surface area (Å²) in [4.78, 5) is 15.3. The predicted molar refractivity (Wildman–Crippen MR) is 69.1 cm³/mol. The number of carboxylic acid groups (broad SMARTS) is 1. The summed E-state index contributed by atoms with van der Waals surface area (Å²) in [5, 5.41) is 13.2. The third kappa shape index (κ3) is 2.65. The Morgan fingerprint density at radius 2 is 2.26 bits per heavy atom. The van der Waals surface area contributed by atoms with Crippen LogP contribution in [0, 0.1) is 0 Å². The van der Waals surface area contributed by atoms with E-state index in [-0.39, 0.29) is 5.69 Å². The van der Waals surface area contributed by atoms with Crippen molar-refractivity contribution < 1.29 is 9.90 Å². The number of aromatic nitrogens is 3. The standard InChI is InChI=1S/C14H15N3O2/c18-14(19)12-9-13(10-4-5-10)17(16-12)8-6-11-3-1-2-7-15-11/h1-3,7,9-10H,4-6,8H2,(H,18,19). The van der Waals surface area contributed by atoms with Crippen molar-refractivity contribution >= 4 is 5.97 Å². The molecule has 0 atom stereocenters. The van der Waals surface area contributed by atoms with Gasteiger partial charge in [0.2, 0.25) is 0 Å². The van der Waals surface area contributed by atoms with Crippen molar-refractivity contribution in [3.63, 3.8) is 0 Å². The Bertz CT molecular complexity index is 588. The maximum atomic E-state index is 11.0. The minimum Gasteiger partial charge on any atom is -0.476 e. The van der Waals surface area contributed by atoms with Gasteiger partial charge in [0.05, 0.1) is 0 Å².